The molecule has 1 saturated heterocycles. The lowest BCUT2D eigenvalue weighted by Gasteiger charge is -2.14. The van der Waals surface area contributed by atoms with E-state index >= 15 is 0 Å². The maximum absolute atomic E-state index is 5.66. The van der Waals surface area contributed by atoms with Crippen molar-refractivity contribution in [3.05, 3.63) is 58.4 Å². The van der Waals surface area contributed by atoms with Gasteiger partial charge in [-0.1, -0.05) is 37.3 Å². The van der Waals surface area contributed by atoms with E-state index in [0.717, 1.165) is 50.4 Å². The Kier molecular flexibility index (Phi) is 4.95. The van der Waals surface area contributed by atoms with Crippen molar-refractivity contribution in [3.8, 4) is 11.3 Å². The van der Waals surface area contributed by atoms with Crippen LogP contribution in [0.5, 0.6) is 0 Å². The first-order chi connectivity index (χ1) is 12.3. The first kappa shape index (κ1) is 16.5. The van der Waals surface area contributed by atoms with E-state index in [4.69, 9.17) is 14.7 Å². The number of hydrogen-bond acceptors (Lipinski definition) is 4. The minimum absolute atomic E-state index is 0.409. The van der Waals surface area contributed by atoms with Crippen molar-refractivity contribution in [1.82, 2.24) is 14.5 Å². The van der Waals surface area contributed by atoms with E-state index in [-0.39, 0.29) is 0 Å². The molecule has 0 radical (unpaired) electrons. The van der Waals surface area contributed by atoms with Crippen LogP contribution < -0.4 is 0 Å². The molecule has 0 bridgehead atoms. The minimum Gasteiger partial charge on any atom is -0.381 e. The minimum atomic E-state index is 0.409. The SMILES string of the molecule is CCCc1nc(Cn2cnc(-c3ccccc3)c2C2CCOC2)cs1. The molecule has 0 N–H and O–H groups in total. The summed E-state index contributed by atoms with van der Waals surface area (Å²) in [6, 6.07) is 10.5. The molecule has 1 atom stereocenters. The predicted octanol–water partition coefficient (Wildman–Crippen LogP) is 4.51. The van der Waals surface area contributed by atoms with Crippen molar-refractivity contribution in [3.63, 3.8) is 0 Å². The van der Waals surface area contributed by atoms with Crippen LogP contribution in [0.25, 0.3) is 11.3 Å². The van der Waals surface area contributed by atoms with Gasteiger partial charge in [-0.15, -0.1) is 11.3 Å². The van der Waals surface area contributed by atoms with Crippen LogP contribution in [0.3, 0.4) is 0 Å². The molecule has 1 aliphatic heterocycles. The smallest absolute Gasteiger partial charge is 0.0959 e. The highest BCUT2D eigenvalue weighted by atomic mass is 32.1. The summed E-state index contributed by atoms with van der Waals surface area (Å²) in [5, 5.41) is 3.41. The Hall–Kier alpha value is -1.98. The van der Waals surface area contributed by atoms with Gasteiger partial charge in [0.25, 0.3) is 0 Å². The van der Waals surface area contributed by atoms with E-state index < -0.39 is 0 Å². The first-order valence-corrected chi connectivity index (χ1v) is 9.84. The Bertz CT molecular complexity index is 819. The van der Waals surface area contributed by atoms with Gasteiger partial charge >= 0.3 is 0 Å². The maximum Gasteiger partial charge on any atom is 0.0959 e. The first-order valence-electron chi connectivity index (χ1n) is 8.96. The molecule has 1 fully saturated rings. The number of imidazole rings is 1. The van der Waals surface area contributed by atoms with Crippen LogP contribution in [0, 0.1) is 0 Å². The molecule has 1 unspecified atom stereocenters. The highest BCUT2D eigenvalue weighted by molar-refractivity contribution is 7.09. The number of hydrogen-bond donors (Lipinski definition) is 0. The number of thiazole rings is 1. The monoisotopic (exact) mass is 353 g/mol. The normalized spacial score (nSPS) is 17.2. The standard InChI is InChI=1S/C20H23N3OS/c1-2-6-18-22-17(13-25-18)11-23-14-21-19(15-7-4-3-5-8-15)20(23)16-9-10-24-12-16/h3-5,7-8,13-14,16H,2,6,9-12H2,1H3. The summed E-state index contributed by atoms with van der Waals surface area (Å²) < 4.78 is 7.93. The van der Waals surface area contributed by atoms with E-state index in [1.54, 1.807) is 11.3 Å². The predicted molar refractivity (Wildman–Crippen MR) is 101 cm³/mol. The van der Waals surface area contributed by atoms with Crippen LogP contribution >= 0.6 is 11.3 Å². The highest BCUT2D eigenvalue weighted by Gasteiger charge is 2.26. The molecule has 1 aliphatic rings. The van der Waals surface area contributed by atoms with Crippen molar-refractivity contribution in [1.29, 1.82) is 0 Å². The molecule has 0 saturated carbocycles. The summed E-state index contributed by atoms with van der Waals surface area (Å²) in [5.41, 5.74) is 4.67. The Morgan fingerprint density at radius 3 is 2.92 bits per heavy atom. The number of benzene rings is 1. The topological polar surface area (TPSA) is 39.9 Å². The molecule has 4 nitrogen and oxygen atoms in total. The van der Waals surface area contributed by atoms with Gasteiger partial charge in [-0.25, -0.2) is 9.97 Å². The molecule has 25 heavy (non-hydrogen) atoms. The molecule has 0 aliphatic carbocycles. The van der Waals surface area contributed by atoms with Crippen LogP contribution in [0.1, 0.15) is 42.1 Å². The Labute approximate surface area is 152 Å². The molecule has 3 aromatic rings. The quantitative estimate of drug-likeness (QED) is 0.654. The zero-order valence-electron chi connectivity index (χ0n) is 14.5. The largest absolute Gasteiger partial charge is 0.381 e. The molecular formula is C20H23N3OS. The van der Waals surface area contributed by atoms with Crippen LogP contribution in [-0.4, -0.2) is 27.7 Å². The van der Waals surface area contributed by atoms with E-state index in [1.807, 2.05) is 12.4 Å². The lowest BCUT2D eigenvalue weighted by molar-refractivity contribution is 0.193. The van der Waals surface area contributed by atoms with Gasteiger partial charge < -0.3 is 9.30 Å². The summed E-state index contributed by atoms with van der Waals surface area (Å²) in [5.74, 6) is 0.409. The van der Waals surface area contributed by atoms with Crippen LogP contribution in [0.4, 0.5) is 0 Å². The number of rotatable bonds is 6. The number of aromatic nitrogens is 3. The second-order valence-corrected chi connectivity index (χ2v) is 7.46. The van der Waals surface area contributed by atoms with Crippen molar-refractivity contribution >= 4 is 11.3 Å². The lowest BCUT2D eigenvalue weighted by atomic mass is 9.99. The third kappa shape index (κ3) is 3.53. The van der Waals surface area contributed by atoms with E-state index in [1.165, 1.54) is 16.3 Å². The zero-order valence-corrected chi connectivity index (χ0v) is 15.3. The third-order valence-electron chi connectivity index (χ3n) is 4.64. The van der Waals surface area contributed by atoms with Gasteiger partial charge in [-0.3, -0.25) is 0 Å². The number of nitrogens with zero attached hydrogens (tertiary/aromatic N) is 3. The van der Waals surface area contributed by atoms with E-state index in [2.05, 4.69) is 41.1 Å². The van der Waals surface area contributed by atoms with E-state index in [9.17, 15) is 0 Å². The van der Waals surface area contributed by atoms with Crippen molar-refractivity contribution in [2.24, 2.45) is 0 Å². The van der Waals surface area contributed by atoms with Crippen LogP contribution in [0.15, 0.2) is 42.0 Å². The van der Waals surface area contributed by atoms with Gasteiger partial charge in [0.2, 0.25) is 0 Å². The van der Waals surface area contributed by atoms with Gasteiger partial charge in [-0.05, 0) is 19.3 Å². The third-order valence-corrected chi connectivity index (χ3v) is 5.59. The Morgan fingerprint density at radius 1 is 1.28 bits per heavy atom. The van der Waals surface area contributed by atoms with Crippen LogP contribution in [-0.2, 0) is 17.7 Å². The van der Waals surface area contributed by atoms with Gasteiger partial charge in [-0.2, -0.15) is 0 Å². The van der Waals surface area contributed by atoms with Gasteiger partial charge in [0.05, 0.1) is 41.6 Å². The average molecular weight is 353 g/mol. The van der Waals surface area contributed by atoms with Crippen molar-refractivity contribution in [2.45, 2.75) is 38.6 Å². The fraction of sp³-hybridized carbons (Fsp3) is 0.400. The number of aryl methyl sites for hydroxylation is 1. The molecular weight excluding hydrogens is 330 g/mol. The van der Waals surface area contributed by atoms with Gasteiger partial charge in [0.1, 0.15) is 0 Å². The van der Waals surface area contributed by atoms with Crippen LogP contribution in [0.2, 0.25) is 0 Å². The molecule has 4 rings (SSSR count). The molecule has 1 aromatic carbocycles. The second-order valence-electron chi connectivity index (χ2n) is 6.52. The van der Waals surface area contributed by atoms with Gasteiger partial charge in [0.15, 0.2) is 0 Å². The lowest BCUT2D eigenvalue weighted by Crippen LogP contribution is -2.10. The van der Waals surface area contributed by atoms with E-state index in [0.29, 0.717) is 5.92 Å². The average Bonchev–Trinajstić information content (AvgIpc) is 3.37. The second kappa shape index (κ2) is 7.50. The maximum atomic E-state index is 5.66. The zero-order chi connectivity index (χ0) is 17.1. The molecule has 5 heteroatoms. The summed E-state index contributed by atoms with van der Waals surface area (Å²) in [6.45, 7) is 4.60. The van der Waals surface area contributed by atoms with Crippen molar-refractivity contribution in [2.75, 3.05) is 13.2 Å². The number of ether oxygens (including phenoxy) is 1. The highest BCUT2D eigenvalue weighted by Crippen LogP contribution is 2.33. The summed E-state index contributed by atoms with van der Waals surface area (Å²) >= 11 is 1.77. The summed E-state index contributed by atoms with van der Waals surface area (Å²) in [4.78, 5) is 9.54. The summed E-state index contributed by atoms with van der Waals surface area (Å²) in [7, 11) is 0. The molecule has 130 valence electrons. The molecule has 0 amide bonds. The Balaban J connectivity index is 1.68. The van der Waals surface area contributed by atoms with Gasteiger partial charge in [0, 0.05) is 23.5 Å². The molecule has 3 heterocycles. The van der Waals surface area contributed by atoms with Crippen molar-refractivity contribution < 1.29 is 4.74 Å². The molecule has 0 spiro atoms. The molecule has 2 aromatic heterocycles. The fourth-order valence-electron chi connectivity index (χ4n) is 3.44. The summed E-state index contributed by atoms with van der Waals surface area (Å²) in [6.07, 6.45) is 5.23. The fourth-order valence-corrected chi connectivity index (χ4v) is 4.33. The Morgan fingerprint density at radius 2 is 2.16 bits per heavy atom.